The predicted molar refractivity (Wildman–Crippen MR) is 92.0 cm³/mol. The second kappa shape index (κ2) is 6.22. The molecule has 2 heterocycles. The normalized spacial score (nSPS) is 22.7. The van der Waals surface area contributed by atoms with Crippen LogP contribution in [0.1, 0.15) is 37.9 Å². The Morgan fingerprint density at radius 2 is 2.08 bits per heavy atom. The van der Waals surface area contributed by atoms with E-state index >= 15 is 0 Å². The van der Waals surface area contributed by atoms with E-state index < -0.39 is 11.4 Å². The SMILES string of the molecule is Cc1nc(C(C)N2CCC(C)(C(=O)O)C2)oc1-c1ccc(Cl)cc1. The number of aliphatic carboxylic acids is 1. The Bertz CT molecular complexity index is 756. The molecule has 6 heteroatoms. The number of aryl methyl sites for hydroxylation is 1. The molecule has 0 amide bonds. The first kappa shape index (κ1) is 17.0. The Morgan fingerprint density at radius 1 is 1.42 bits per heavy atom. The van der Waals surface area contributed by atoms with Crippen molar-refractivity contribution < 1.29 is 14.3 Å². The van der Waals surface area contributed by atoms with Gasteiger partial charge in [0.05, 0.1) is 17.2 Å². The van der Waals surface area contributed by atoms with E-state index in [-0.39, 0.29) is 6.04 Å². The Morgan fingerprint density at radius 3 is 2.67 bits per heavy atom. The summed E-state index contributed by atoms with van der Waals surface area (Å²) in [6.45, 7) is 6.93. The summed E-state index contributed by atoms with van der Waals surface area (Å²) in [5.74, 6) is 0.600. The molecule has 5 nitrogen and oxygen atoms in total. The molecule has 3 rings (SSSR count). The molecule has 2 unspecified atom stereocenters. The number of hydrogen-bond acceptors (Lipinski definition) is 4. The van der Waals surface area contributed by atoms with Crippen LogP contribution in [0.5, 0.6) is 0 Å². The number of hydrogen-bond donors (Lipinski definition) is 1. The standard InChI is InChI=1S/C18H21ClN2O3/c1-11-15(13-4-6-14(19)7-5-13)24-16(20-11)12(2)21-9-8-18(3,10-21)17(22)23/h4-7,12H,8-10H2,1-3H3,(H,22,23). The predicted octanol–water partition coefficient (Wildman–Crippen LogP) is 4.16. The molecule has 0 bridgehead atoms. The molecule has 24 heavy (non-hydrogen) atoms. The maximum Gasteiger partial charge on any atom is 0.310 e. The highest BCUT2D eigenvalue weighted by molar-refractivity contribution is 6.30. The molecule has 1 aromatic carbocycles. The van der Waals surface area contributed by atoms with Gasteiger partial charge in [-0.15, -0.1) is 0 Å². The van der Waals surface area contributed by atoms with E-state index in [1.807, 2.05) is 38.1 Å². The van der Waals surface area contributed by atoms with Gasteiger partial charge in [-0.2, -0.15) is 0 Å². The van der Waals surface area contributed by atoms with Gasteiger partial charge < -0.3 is 9.52 Å². The molecule has 1 saturated heterocycles. The lowest BCUT2D eigenvalue weighted by Crippen LogP contribution is -2.33. The monoisotopic (exact) mass is 348 g/mol. The van der Waals surface area contributed by atoms with Crippen molar-refractivity contribution in [3.8, 4) is 11.3 Å². The fourth-order valence-electron chi connectivity index (χ4n) is 3.12. The largest absolute Gasteiger partial charge is 0.481 e. The van der Waals surface area contributed by atoms with E-state index in [9.17, 15) is 9.90 Å². The summed E-state index contributed by atoms with van der Waals surface area (Å²) in [6.07, 6.45) is 0.635. The molecule has 0 spiro atoms. The maximum atomic E-state index is 11.4. The smallest absolute Gasteiger partial charge is 0.310 e. The summed E-state index contributed by atoms with van der Waals surface area (Å²) in [5, 5.41) is 10.1. The first-order valence-electron chi connectivity index (χ1n) is 8.01. The summed E-state index contributed by atoms with van der Waals surface area (Å²) >= 11 is 5.93. The van der Waals surface area contributed by atoms with E-state index in [4.69, 9.17) is 16.0 Å². The number of carboxylic acids is 1. The van der Waals surface area contributed by atoms with Crippen LogP contribution in [-0.2, 0) is 4.79 Å². The average Bonchev–Trinajstić information content (AvgIpc) is 3.12. The first-order chi connectivity index (χ1) is 11.3. The van der Waals surface area contributed by atoms with E-state index in [1.165, 1.54) is 0 Å². The van der Waals surface area contributed by atoms with Crippen LogP contribution in [0.4, 0.5) is 0 Å². The number of oxazole rings is 1. The van der Waals surface area contributed by atoms with Crippen LogP contribution in [-0.4, -0.2) is 34.0 Å². The number of carbonyl (C=O) groups is 1. The third-order valence-corrected chi connectivity index (χ3v) is 5.10. The van der Waals surface area contributed by atoms with Crippen LogP contribution in [0.2, 0.25) is 5.02 Å². The van der Waals surface area contributed by atoms with Gasteiger partial charge in [-0.05, 0) is 51.5 Å². The number of rotatable bonds is 4. The zero-order valence-electron chi connectivity index (χ0n) is 14.0. The molecule has 1 fully saturated rings. The molecular weight excluding hydrogens is 328 g/mol. The number of aromatic nitrogens is 1. The van der Waals surface area contributed by atoms with E-state index in [0.717, 1.165) is 23.6 Å². The van der Waals surface area contributed by atoms with Crippen LogP contribution in [0.3, 0.4) is 0 Å². The van der Waals surface area contributed by atoms with Crippen molar-refractivity contribution in [3.05, 3.63) is 40.9 Å². The number of halogens is 1. The van der Waals surface area contributed by atoms with Crippen LogP contribution >= 0.6 is 11.6 Å². The van der Waals surface area contributed by atoms with Crippen molar-refractivity contribution in [1.82, 2.24) is 9.88 Å². The molecule has 2 aromatic rings. The van der Waals surface area contributed by atoms with Crippen LogP contribution < -0.4 is 0 Å². The summed E-state index contributed by atoms with van der Waals surface area (Å²) in [5.41, 5.74) is 1.05. The molecule has 1 aliphatic rings. The Kier molecular flexibility index (Phi) is 4.40. The van der Waals surface area contributed by atoms with Gasteiger partial charge in [-0.1, -0.05) is 11.6 Å². The van der Waals surface area contributed by atoms with Crippen LogP contribution in [0, 0.1) is 12.3 Å². The van der Waals surface area contributed by atoms with Crippen LogP contribution in [0.15, 0.2) is 28.7 Å². The molecule has 1 aromatic heterocycles. The van der Waals surface area contributed by atoms with Gasteiger partial charge in [-0.25, -0.2) is 4.98 Å². The van der Waals surface area contributed by atoms with Crippen molar-refractivity contribution in [3.63, 3.8) is 0 Å². The van der Waals surface area contributed by atoms with Gasteiger partial charge in [0.2, 0.25) is 5.89 Å². The number of likely N-dealkylation sites (tertiary alicyclic amines) is 1. The van der Waals surface area contributed by atoms with Crippen LogP contribution in [0.25, 0.3) is 11.3 Å². The van der Waals surface area contributed by atoms with Crippen molar-refractivity contribution in [2.24, 2.45) is 5.41 Å². The summed E-state index contributed by atoms with van der Waals surface area (Å²) < 4.78 is 6.00. The highest BCUT2D eigenvalue weighted by Crippen LogP contribution is 2.36. The molecule has 0 saturated carbocycles. The van der Waals surface area contributed by atoms with Gasteiger partial charge in [-0.3, -0.25) is 9.69 Å². The number of benzene rings is 1. The Labute approximate surface area is 146 Å². The summed E-state index contributed by atoms with van der Waals surface area (Å²) in [6, 6.07) is 7.39. The third-order valence-electron chi connectivity index (χ3n) is 4.84. The Hall–Kier alpha value is -1.85. The molecule has 0 aliphatic carbocycles. The highest BCUT2D eigenvalue weighted by Gasteiger charge is 2.42. The molecule has 0 radical (unpaired) electrons. The minimum atomic E-state index is -0.748. The molecule has 2 atom stereocenters. The van der Waals surface area contributed by atoms with Gasteiger partial charge in [0.25, 0.3) is 0 Å². The lowest BCUT2D eigenvalue weighted by Gasteiger charge is -2.23. The van der Waals surface area contributed by atoms with Crippen molar-refractivity contribution >= 4 is 17.6 Å². The zero-order valence-corrected chi connectivity index (χ0v) is 14.8. The number of carboxylic acid groups (broad SMARTS) is 1. The number of nitrogens with zero attached hydrogens (tertiary/aromatic N) is 2. The summed E-state index contributed by atoms with van der Waals surface area (Å²) in [4.78, 5) is 18.1. The summed E-state index contributed by atoms with van der Waals surface area (Å²) in [7, 11) is 0. The van der Waals surface area contributed by atoms with E-state index in [1.54, 1.807) is 6.92 Å². The van der Waals surface area contributed by atoms with Gasteiger partial charge in [0.15, 0.2) is 5.76 Å². The highest BCUT2D eigenvalue weighted by atomic mass is 35.5. The van der Waals surface area contributed by atoms with Crippen molar-refractivity contribution in [1.29, 1.82) is 0 Å². The average molecular weight is 349 g/mol. The topological polar surface area (TPSA) is 66.6 Å². The maximum absolute atomic E-state index is 11.4. The first-order valence-corrected chi connectivity index (χ1v) is 8.39. The molecular formula is C18H21ClN2O3. The fourth-order valence-corrected chi connectivity index (χ4v) is 3.25. The van der Waals surface area contributed by atoms with Crippen molar-refractivity contribution in [2.75, 3.05) is 13.1 Å². The minimum absolute atomic E-state index is 0.0640. The van der Waals surface area contributed by atoms with E-state index in [2.05, 4.69) is 9.88 Å². The van der Waals surface area contributed by atoms with Crippen molar-refractivity contribution in [2.45, 2.75) is 33.2 Å². The van der Waals surface area contributed by atoms with Gasteiger partial charge in [0.1, 0.15) is 0 Å². The molecule has 1 N–H and O–H groups in total. The third kappa shape index (κ3) is 3.06. The van der Waals surface area contributed by atoms with Gasteiger partial charge in [0, 0.05) is 23.7 Å². The zero-order chi connectivity index (χ0) is 17.5. The lowest BCUT2D eigenvalue weighted by molar-refractivity contribution is -0.147. The second-order valence-corrected chi connectivity index (χ2v) is 7.17. The fraction of sp³-hybridized carbons (Fsp3) is 0.444. The molecule has 128 valence electrons. The van der Waals surface area contributed by atoms with E-state index in [0.29, 0.717) is 23.9 Å². The lowest BCUT2D eigenvalue weighted by atomic mass is 9.90. The minimum Gasteiger partial charge on any atom is -0.481 e. The molecule has 1 aliphatic heterocycles. The second-order valence-electron chi connectivity index (χ2n) is 6.74. The quantitative estimate of drug-likeness (QED) is 0.898. The van der Waals surface area contributed by atoms with Gasteiger partial charge >= 0.3 is 5.97 Å². The Balaban J connectivity index is 1.82.